The highest BCUT2D eigenvalue weighted by atomic mass is 15.2. The molecule has 0 fully saturated rings. The Morgan fingerprint density at radius 3 is 0.917 bits per heavy atom. The summed E-state index contributed by atoms with van der Waals surface area (Å²) in [4.78, 5) is 5.64. The molecule has 3 heterocycles. The van der Waals surface area contributed by atoms with Crippen molar-refractivity contribution in [1.29, 1.82) is 0 Å². The van der Waals surface area contributed by atoms with E-state index < -0.39 is 0 Å². The van der Waals surface area contributed by atoms with Gasteiger partial charge in [-0.1, -0.05) is 369 Å². The van der Waals surface area contributed by atoms with E-state index in [9.17, 15) is 0 Å². The van der Waals surface area contributed by atoms with Crippen molar-refractivity contribution in [2.75, 3.05) is 9.80 Å². The van der Waals surface area contributed by atoms with E-state index >= 15 is 0 Å². The highest BCUT2D eigenvalue weighted by Gasteiger charge is 2.47. The molecule has 0 radical (unpaired) electrons. The molecule has 0 N–H and O–H groups in total. The van der Waals surface area contributed by atoms with Crippen molar-refractivity contribution in [3.8, 4) is 61.3 Å². The highest BCUT2D eigenvalue weighted by Crippen LogP contribution is 2.58. The van der Waals surface area contributed by atoms with E-state index in [0.29, 0.717) is 0 Å². The fourth-order valence-electron chi connectivity index (χ4n) is 19.5. The molecule has 18 rings (SSSR count). The minimum absolute atomic E-state index is 0.118. The third-order valence-corrected chi connectivity index (χ3v) is 26.8. The van der Waals surface area contributed by atoms with E-state index in [1.165, 1.54) is 199 Å². The van der Waals surface area contributed by atoms with Crippen molar-refractivity contribution >= 4 is 111 Å². The minimum Gasteiger partial charge on any atom is -0.310 e. The first-order valence-electron chi connectivity index (χ1n) is 44.1. The number of aromatic nitrogens is 1. The molecule has 2 aliphatic heterocycles. The number of rotatable bonds is 8. The molecule has 0 amide bonds. The largest absolute Gasteiger partial charge is 0.310 e. The van der Waals surface area contributed by atoms with Gasteiger partial charge in [0, 0.05) is 61.5 Å². The summed E-state index contributed by atoms with van der Waals surface area (Å²) < 4.78 is 2.63. The molecular weight excluding hydrogens is 1450 g/mol. The SMILES string of the molecule is CC(C)(C)c1cccc(-c2cc(C(C)(C)C)cc(-c3cccc(C(C)(C)C)c3)c2N2c3ccc(-c4cc(C(C)(C)C)cc(C(C)(C)C)c4)cc3B3c4ccc(-n5c6ccc7cccc8c9cccc%10ccc5c(c%109)c6c78)cc4N(c4c(-c5cccc(C(C)(C)C)c5)cc(C(C)(C)C)cc4-c4cccc(C(C)(C)C)c4)c4cc(C(C)(C)C)cc2c43)c1. The van der Waals surface area contributed by atoms with Crippen LogP contribution in [0.15, 0.2) is 249 Å². The molecule has 0 unspecified atom stereocenters. The quantitative estimate of drug-likeness (QED) is 0.0853. The van der Waals surface area contributed by atoms with Gasteiger partial charge in [0.15, 0.2) is 0 Å². The summed E-state index contributed by atoms with van der Waals surface area (Å²) in [5, 5.41) is 10.4. The monoisotopic (exact) mass is 1570 g/mol. The Kier molecular flexibility index (Phi) is 18.2. The maximum Gasteiger partial charge on any atom is 0.252 e. The molecule has 604 valence electrons. The lowest BCUT2D eigenvalue weighted by Gasteiger charge is -2.47. The van der Waals surface area contributed by atoms with Crippen LogP contribution in [0.25, 0.3) is 115 Å². The standard InChI is InChI=1S/C116H122BN3/c1-108(2,3)77-40-28-36-72(54-77)89-62-83(114(19,20)21)63-90(73-37-29-41-78(55-73)109(4,5)6)106(89)119-95-51-48-71(76-58-81(112(13,14)15)61-82(59-76)113(16,17)18)60-94(95)117-93-50-49-86(118-96-52-46-69-34-32-44-87-88-45-33-35-70-47-53-97(118)104(102(70)88)103(96)101(69)87)68-98(93)120(100-67-85(116(25,26)27)66-99(119)105(100)117)107-91(74-38-30-42-79(56-74)110(7,8)9)64-84(115(22,23)24)65-92(107)75-39-31-43-80(57-75)111(10,11)12/h28-68H,1-27H3. The van der Waals surface area contributed by atoms with E-state index in [-0.39, 0.29) is 55.4 Å². The smallest absolute Gasteiger partial charge is 0.252 e. The fourth-order valence-corrected chi connectivity index (χ4v) is 19.5. The fraction of sp³-hybridized carbons (Fsp3) is 0.310. The van der Waals surface area contributed by atoms with Crippen molar-refractivity contribution in [2.24, 2.45) is 0 Å². The molecule has 0 atom stereocenters. The zero-order valence-electron chi connectivity index (χ0n) is 76.6. The molecule has 120 heavy (non-hydrogen) atoms. The van der Waals surface area contributed by atoms with Gasteiger partial charge in [-0.25, -0.2) is 0 Å². The van der Waals surface area contributed by atoms with Crippen LogP contribution < -0.4 is 26.2 Å². The van der Waals surface area contributed by atoms with Gasteiger partial charge in [-0.3, -0.25) is 0 Å². The molecule has 1 aromatic heterocycles. The third-order valence-electron chi connectivity index (χ3n) is 26.8. The van der Waals surface area contributed by atoms with Crippen LogP contribution in [0.5, 0.6) is 0 Å². The summed E-state index contributed by atoms with van der Waals surface area (Å²) in [6.45, 7) is 64.1. The lowest BCUT2D eigenvalue weighted by atomic mass is 9.33. The second kappa shape index (κ2) is 27.3. The highest BCUT2D eigenvalue weighted by molar-refractivity contribution is 7.00. The lowest BCUT2D eigenvalue weighted by Crippen LogP contribution is -2.61. The van der Waals surface area contributed by atoms with Crippen LogP contribution in [0.2, 0.25) is 0 Å². The van der Waals surface area contributed by atoms with Gasteiger partial charge in [0.2, 0.25) is 0 Å². The predicted molar refractivity (Wildman–Crippen MR) is 525 cm³/mol. The van der Waals surface area contributed by atoms with E-state index in [4.69, 9.17) is 0 Å². The Balaban J connectivity index is 1.07. The number of nitrogens with zero attached hydrogens (tertiary/aromatic N) is 3. The molecular formula is C116H122BN3. The number of anilines is 6. The summed E-state index contributed by atoms with van der Waals surface area (Å²) in [6, 6.07) is 100. The number of fused-ring (bicyclic) bond motifs is 5. The van der Waals surface area contributed by atoms with Crippen LogP contribution in [-0.4, -0.2) is 11.3 Å². The van der Waals surface area contributed by atoms with Gasteiger partial charge in [0.05, 0.1) is 22.4 Å². The Bertz CT molecular complexity index is 6550. The second-order valence-corrected chi connectivity index (χ2v) is 44.8. The Morgan fingerprint density at radius 1 is 0.217 bits per heavy atom. The van der Waals surface area contributed by atoms with E-state index in [1.54, 1.807) is 0 Å². The van der Waals surface area contributed by atoms with Crippen LogP contribution in [0.1, 0.15) is 237 Å². The first kappa shape index (κ1) is 80.1. The maximum atomic E-state index is 2.83. The first-order chi connectivity index (χ1) is 56.2. The summed E-state index contributed by atoms with van der Waals surface area (Å²) in [6.07, 6.45) is 0. The number of hydrogen-bond donors (Lipinski definition) is 0. The third kappa shape index (κ3) is 13.5. The van der Waals surface area contributed by atoms with Gasteiger partial charge >= 0.3 is 0 Å². The molecule has 0 spiro atoms. The van der Waals surface area contributed by atoms with Crippen LogP contribution in [-0.2, 0) is 48.7 Å². The van der Waals surface area contributed by atoms with Gasteiger partial charge < -0.3 is 14.4 Å². The topological polar surface area (TPSA) is 11.4 Å². The van der Waals surface area contributed by atoms with Gasteiger partial charge in [0.1, 0.15) is 0 Å². The Labute approximate surface area is 716 Å². The molecule has 16 aromatic rings. The minimum atomic E-state index is -0.361. The summed E-state index contributed by atoms with van der Waals surface area (Å²) in [7, 11) is 0. The van der Waals surface area contributed by atoms with Crippen LogP contribution in [0.3, 0.4) is 0 Å². The van der Waals surface area contributed by atoms with Crippen LogP contribution >= 0.6 is 0 Å². The van der Waals surface area contributed by atoms with Gasteiger partial charge in [-0.15, -0.1) is 0 Å². The van der Waals surface area contributed by atoms with Crippen LogP contribution in [0, 0.1) is 0 Å². The zero-order valence-corrected chi connectivity index (χ0v) is 76.6. The van der Waals surface area contributed by atoms with E-state index in [2.05, 4.69) is 450 Å². The zero-order chi connectivity index (χ0) is 85.3. The average Bonchev–Trinajstić information content (AvgIpc) is 0.832. The molecule has 3 nitrogen and oxygen atoms in total. The normalized spacial score (nSPS) is 13.9. The van der Waals surface area contributed by atoms with E-state index in [1.807, 2.05) is 0 Å². The second-order valence-electron chi connectivity index (χ2n) is 44.8. The summed E-state index contributed by atoms with van der Waals surface area (Å²) >= 11 is 0. The number of benzene rings is 15. The van der Waals surface area contributed by atoms with Crippen LogP contribution in [0.4, 0.5) is 34.1 Å². The summed E-state index contributed by atoms with van der Waals surface area (Å²) in [5.41, 5.74) is 36.4. The van der Waals surface area contributed by atoms with Gasteiger partial charge in [-0.05, 0) is 248 Å². The molecule has 15 aromatic carbocycles. The van der Waals surface area contributed by atoms with Crippen molar-refractivity contribution < 1.29 is 0 Å². The molecule has 0 aliphatic carbocycles. The van der Waals surface area contributed by atoms with Crippen molar-refractivity contribution in [3.05, 3.63) is 299 Å². The molecule has 0 saturated carbocycles. The van der Waals surface area contributed by atoms with Gasteiger partial charge in [-0.2, -0.15) is 0 Å². The maximum absolute atomic E-state index is 2.83. The Morgan fingerprint density at radius 2 is 0.550 bits per heavy atom. The average molecular weight is 1570 g/mol. The van der Waals surface area contributed by atoms with Crippen molar-refractivity contribution in [1.82, 2.24) is 4.57 Å². The molecule has 0 bridgehead atoms. The number of hydrogen-bond acceptors (Lipinski definition) is 2. The van der Waals surface area contributed by atoms with Crippen molar-refractivity contribution in [3.63, 3.8) is 0 Å². The van der Waals surface area contributed by atoms with Crippen molar-refractivity contribution in [2.45, 2.75) is 236 Å². The lowest BCUT2D eigenvalue weighted by molar-refractivity contribution is 0.569. The molecule has 4 heteroatoms. The molecule has 0 saturated heterocycles. The predicted octanol–water partition coefficient (Wildman–Crippen LogP) is 31.2. The van der Waals surface area contributed by atoms with E-state index in [0.717, 1.165) is 17.1 Å². The molecule has 2 aliphatic rings. The van der Waals surface area contributed by atoms with Gasteiger partial charge in [0.25, 0.3) is 6.71 Å². The Hall–Kier alpha value is -10.9. The summed E-state index contributed by atoms with van der Waals surface area (Å²) in [5.74, 6) is 0. The first-order valence-corrected chi connectivity index (χ1v) is 44.1.